The summed E-state index contributed by atoms with van der Waals surface area (Å²) in [4.78, 5) is 13.2. The van der Waals surface area contributed by atoms with Crippen LogP contribution in [0, 0.1) is 0 Å². The van der Waals surface area contributed by atoms with Crippen LogP contribution >= 0.6 is 0 Å². The number of carbonyl (C=O) groups is 1. The van der Waals surface area contributed by atoms with Gasteiger partial charge in [-0.25, -0.2) is 8.42 Å². The zero-order valence-electron chi connectivity index (χ0n) is 20.6. The molecule has 4 aromatic rings. The van der Waals surface area contributed by atoms with E-state index in [1.165, 1.54) is 6.07 Å². The van der Waals surface area contributed by atoms with Crippen LogP contribution < -0.4 is 20.1 Å². The third-order valence-electron chi connectivity index (χ3n) is 7.24. The molecule has 190 valence electrons. The molecule has 3 aromatic carbocycles. The lowest BCUT2D eigenvalue weighted by Crippen LogP contribution is -2.21. The highest BCUT2D eigenvalue weighted by Gasteiger charge is 2.65. The van der Waals surface area contributed by atoms with Crippen LogP contribution in [0.2, 0.25) is 0 Å². The molecule has 1 spiro atoms. The summed E-state index contributed by atoms with van der Waals surface area (Å²) in [5.41, 5.74) is 3.75. The molecule has 2 atom stereocenters. The maximum atomic E-state index is 13.0. The van der Waals surface area contributed by atoms with E-state index < -0.39 is 15.3 Å². The van der Waals surface area contributed by atoms with Gasteiger partial charge < -0.3 is 20.1 Å². The van der Waals surface area contributed by atoms with Crippen molar-refractivity contribution in [3.8, 4) is 11.5 Å². The molecule has 6 rings (SSSR count). The van der Waals surface area contributed by atoms with Crippen molar-refractivity contribution < 1.29 is 22.7 Å². The van der Waals surface area contributed by atoms with Crippen molar-refractivity contribution >= 4 is 43.8 Å². The van der Waals surface area contributed by atoms with E-state index in [0.717, 1.165) is 46.1 Å². The summed E-state index contributed by atoms with van der Waals surface area (Å²) in [7, 11) is -1.74. The van der Waals surface area contributed by atoms with Crippen LogP contribution in [0.4, 0.5) is 17.2 Å². The fourth-order valence-electron chi connectivity index (χ4n) is 5.29. The maximum absolute atomic E-state index is 13.0. The van der Waals surface area contributed by atoms with Crippen LogP contribution in [0.1, 0.15) is 30.4 Å². The molecule has 2 aliphatic rings. The number of aromatic amines is 1. The first kappa shape index (κ1) is 23.4. The highest BCUT2D eigenvalue weighted by atomic mass is 32.2. The van der Waals surface area contributed by atoms with Gasteiger partial charge in [-0.1, -0.05) is 6.07 Å². The second-order valence-corrected chi connectivity index (χ2v) is 11.5. The average molecular weight is 519 g/mol. The number of amides is 1. The van der Waals surface area contributed by atoms with Gasteiger partial charge in [0.15, 0.2) is 15.7 Å². The molecule has 2 heterocycles. The van der Waals surface area contributed by atoms with Crippen molar-refractivity contribution in [3.05, 3.63) is 65.7 Å². The number of H-pyrrole nitrogens is 1. The maximum Gasteiger partial charge on any atom is 0.235 e. The number of nitrogens with zero attached hydrogens (tertiary/aromatic N) is 1. The minimum atomic E-state index is -3.37. The first-order valence-electron chi connectivity index (χ1n) is 12.0. The lowest BCUT2D eigenvalue weighted by Gasteiger charge is -2.13. The molecule has 0 bridgehead atoms. The number of aromatic nitrogens is 2. The monoisotopic (exact) mass is 518 g/mol. The minimum absolute atomic E-state index is 0.0220. The molecule has 1 aromatic heterocycles. The van der Waals surface area contributed by atoms with E-state index in [0.29, 0.717) is 23.9 Å². The Kier molecular flexibility index (Phi) is 5.20. The Morgan fingerprint density at radius 3 is 2.73 bits per heavy atom. The molecular formula is C27H26N4O5S. The Morgan fingerprint density at radius 2 is 1.97 bits per heavy atom. The van der Waals surface area contributed by atoms with Gasteiger partial charge in [0.05, 0.1) is 35.2 Å². The number of methoxy groups -OCH3 is 1. The highest BCUT2D eigenvalue weighted by Crippen LogP contribution is 2.65. The first-order valence-corrected chi connectivity index (χ1v) is 13.9. The summed E-state index contributed by atoms with van der Waals surface area (Å²) < 4.78 is 35.0. The topological polar surface area (TPSA) is 122 Å². The smallest absolute Gasteiger partial charge is 0.235 e. The van der Waals surface area contributed by atoms with E-state index in [2.05, 4.69) is 20.8 Å². The summed E-state index contributed by atoms with van der Waals surface area (Å²) in [5.74, 6) is 1.83. The molecule has 1 saturated carbocycles. The van der Waals surface area contributed by atoms with Gasteiger partial charge in [0, 0.05) is 29.3 Å². The number of rotatable bonds is 7. The Balaban J connectivity index is 1.30. The fourth-order valence-corrected chi connectivity index (χ4v) is 5.92. The Bertz CT molecular complexity index is 1680. The number of sulfone groups is 1. The van der Waals surface area contributed by atoms with Gasteiger partial charge in [-0.15, -0.1) is 0 Å². The predicted octanol–water partition coefficient (Wildman–Crippen LogP) is 4.49. The Hall–Kier alpha value is -4.05. The standard InChI is InChI=1S/C27H26N4O5S/c1-4-36-24-13-17(37(3,33)34)7-10-22(24)28-25-18-8-5-15(11-23(18)30-31-25)20-14-27(20)19-12-16(35-2)6-9-21(19)29-26(27)32/h5-13,20H,4,14H2,1-3H3,(H,29,32)(H2,28,30,31)/t20?,27-/m0/s1. The normalized spacial score (nSPS) is 20.1. The van der Waals surface area contributed by atoms with Crippen molar-refractivity contribution in [2.75, 3.05) is 30.6 Å². The molecule has 9 nitrogen and oxygen atoms in total. The summed E-state index contributed by atoms with van der Waals surface area (Å²) in [6, 6.07) is 16.5. The second kappa shape index (κ2) is 8.24. The molecule has 1 amide bonds. The van der Waals surface area contributed by atoms with Crippen molar-refractivity contribution in [3.63, 3.8) is 0 Å². The lowest BCUT2D eigenvalue weighted by molar-refractivity contribution is -0.118. The molecule has 1 aliphatic carbocycles. The Labute approximate surface area is 214 Å². The summed E-state index contributed by atoms with van der Waals surface area (Å²) in [5, 5.41) is 14.7. The average Bonchev–Trinajstić information content (AvgIpc) is 3.43. The van der Waals surface area contributed by atoms with Crippen LogP contribution in [-0.4, -0.2) is 44.5 Å². The molecule has 10 heteroatoms. The molecule has 1 aliphatic heterocycles. The molecule has 1 unspecified atom stereocenters. The van der Waals surface area contributed by atoms with Crippen LogP contribution in [0.15, 0.2) is 59.5 Å². The lowest BCUT2D eigenvalue weighted by atomic mass is 9.91. The number of carbonyl (C=O) groups excluding carboxylic acids is 1. The van der Waals surface area contributed by atoms with Gasteiger partial charge in [0.2, 0.25) is 5.91 Å². The van der Waals surface area contributed by atoms with Gasteiger partial charge in [-0.3, -0.25) is 9.89 Å². The Morgan fingerprint density at radius 1 is 1.14 bits per heavy atom. The van der Waals surface area contributed by atoms with Gasteiger partial charge in [0.1, 0.15) is 11.5 Å². The van der Waals surface area contributed by atoms with Crippen molar-refractivity contribution in [2.24, 2.45) is 0 Å². The third kappa shape index (κ3) is 3.71. The number of nitrogens with one attached hydrogen (secondary N) is 3. The summed E-state index contributed by atoms with van der Waals surface area (Å²) in [6.45, 7) is 2.23. The number of anilines is 3. The number of hydrogen-bond donors (Lipinski definition) is 3. The number of hydrogen-bond acceptors (Lipinski definition) is 7. The highest BCUT2D eigenvalue weighted by molar-refractivity contribution is 7.90. The largest absolute Gasteiger partial charge is 0.497 e. The number of benzene rings is 3. The number of fused-ring (bicyclic) bond motifs is 3. The molecule has 0 saturated heterocycles. The van der Waals surface area contributed by atoms with Crippen LogP contribution in [0.3, 0.4) is 0 Å². The first-order chi connectivity index (χ1) is 17.7. The van der Waals surface area contributed by atoms with E-state index in [-0.39, 0.29) is 16.7 Å². The summed E-state index contributed by atoms with van der Waals surface area (Å²) >= 11 is 0. The van der Waals surface area contributed by atoms with Gasteiger partial charge >= 0.3 is 0 Å². The quantitative estimate of drug-likeness (QED) is 0.329. The molecule has 3 N–H and O–H groups in total. The van der Waals surface area contributed by atoms with E-state index in [4.69, 9.17) is 9.47 Å². The van der Waals surface area contributed by atoms with E-state index in [9.17, 15) is 13.2 Å². The van der Waals surface area contributed by atoms with Gasteiger partial charge in [-0.05, 0) is 66.9 Å². The zero-order valence-corrected chi connectivity index (χ0v) is 21.4. The molecule has 1 fully saturated rings. The molecule has 0 radical (unpaired) electrons. The van der Waals surface area contributed by atoms with Crippen LogP contribution in [0.25, 0.3) is 10.9 Å². The minimum Gasteiger partial charge on any atom is -0.497 e. The second-order valence-electron chi connectivity index (χ2n) is 9.46. The van der Waals surface area contributed by atoms with Crippen LogP contribution in [-0.2, 0) is 20.0 Å². The van der Waals surface area contributed by atoms with Crippen molar-refractivity contribution in [1.82, 2.24) is 10.2 Å². The van der Waals surface area contributed by atoms with E-state index in [1.54, 1.807) is 19.2 Å². The predicted molar refractivity (Wildman–Crippen MR) is 141 cm³/mol. The summed E-state index contributed by atoms with van der Waals surface area (Å²) in [6.07, 6.45) is 1.90. The molecular weight excluding hydrogens is 492 g/mol. The van der Waals surface area contributed by atoms with Gasteiger partial charge in [0.25, 0.3) is 0 Å². The van der Waals surface area contributed by atoms with Crippen LogP contribution in [0.5, 0.6) is 11.5 Å². The SMILES string of the molecule is CCOc1cc(S(C)(=O)=O)ccc1Nc1n[nH]c2cc(C3C[C@@]34C(=O)Nc3ccc(OC)cc34)ccc12. The van der Waals surface area contributed by atoms with Crippen molar-refractivity contribution in [2.45, 2.75) is 29.6 Å². The van der Waals surface area contributed by atoms with Crippen molar-refractivity contribution in [1.29, 1.82) is 0 Å². The van der Waals surface area contributed by atoms with E-state index >= 15 is 0 Å². The fraction of sp³-hybridized carbons (Fsp3) is 0.259. The zero-order chi connectivity index (χ0) is 25.9. The third-order valence-corrected chi connectivity index (χ3v) is 8.36. The van der Waals surface area contributed by atoms with Gasteiger partial charge in [-0.2, -0.15) is 5.10 Å². The van der Waals surface area contributed by atoms with E-state index in [1.807, 2.05) is 43.3 Å². The number of ether oxygens (including phenoxy) is 2. The molecule has 37 heavy (non-hydrogen) atoms.